The highest BCUT2D eigenvalue weighted by atomic mass is 32.2. The van der Waals surface area contributed by atoms with Gasteiger partial charge in [0, 0.05) is 34.9 Å². The smallest absolute Gasteiger partial charge is 0.338 e. The van der Waals surface area contributed by atoms with Crippen molar-refractivity contribution in [2.75, 3.05) is 11.3 Å². The van der Waals surface area contributed by atoms with E-state index in [1.807, 2.05) is 0 Å². The van der Waals surface area contributed by atoms with Crippen molar-refractivity contribution in [1.82, 2.24) is 4.98 Å². The molecule has 2 aromatic carbocycles. The van der Waals surface area contributed by atoms with E-state index in [0.29, 0.717) is 11.1 Å². The minimum absolute atomic E-state index is 0.115. The number of sulfonamides is 1. The molecule has 0 bridgehead atoms. The number of hydrogen-bond acceptors (Lipinski definition) is 6. The first-order chi connectivity index (χ1) is 12.8. The SMILES string of the molecule is CCOC(=O)c1ccc(NS(=O)(=O)c2c[nH]c3ccc([N+](=O)[O-])cc23)cc1. The molecule has 2 N–H and O–H groups in total. The van der Waals surface area contributed by atoms with Gasteiger partial charge in [0.25, 0.3) is 15.7 Å². The fourth-order valence-electron chi connectivity index (χ4n) is 2.52. The first kappa shape index (κ1) is 18.4. The van der Waals surface area contributed by atoms with Gasteiger partial charge in [-0.2, -0.15) is 0 Å². The predicted molar refractivity (Wildman–Crippen MR) is 98.2 cm³/mol. The fourth-order valence-corrected chi connectivity index (χ4v) is 3.75. The van der Waals surface area contributed by atoms with Crippen LogP contribution in [0.15, 0.2) is 53.6 Å². The van der Waals surface area contributed by atoms with Crippen LogP contribution in [0.5, 0.6) is 0 Å². The standard InChI is InChI=1S/C17H15N3O6S/c1-2-26-17(21)11-3-5-12(6-4-11)19-27(24,25)16-10-18-15-8-7-13(20(22)23)9-14(15)16/h3-10,18-19H,2H2,1H3. The Morgan fingerprint density at radius 1 is 1.22 bits per heavy atom. The number of rotatable bonds is 6. The number of hydrogen-bond donors (Lipinski definition) is 2. The average Bonchev–Trinajstić information content (AvgIpc) is 3.06. The van der Waals surface area contributed by atoms with Gasteiger partial charge >= 0.3 is 5.97 Å². The highest BCUT2D eigenvalue weighted by Crippen LogP contribution is 2.28. The van der Waals surface area contributed by atoms with Crippen molar-refractivity contribution in [3.05, 3.63) is 64.3 Å². The number of nitro groups is 1. The number of aromatic amines is 1. The van der Waals surface area contributed by atoms with E-state index in [1.54, 1.807) is 6.92 Å². The number of nitrogens with one attached hydrogen (secondary N) is 2. The van der Waals surface area contributed by atoms with Crippen molar-refractivity contribution < 1.29 is 22.9 Å². The molecular weight excluding hydrogens is 374 g/mol. The fraction of sp³-hybridized carbons (Fsp3) is 0.118. The van der Waals surface area contributed by atoms with Gasteiger partial charge in [-0.1, -0.05) is 0 Å². The van der Waals surface area contributed by atoms with Crippen LogP contribution in [0.2, 0.25) is 0 Å². The molecular formula is C17H15N3O6S. The first-order valence-electron chi connectivity index (χ1n) is 7.87. The van der Waals surface area contributed by atoms with E-state index in [9.17, 15) is 23.3 Å². The number of H-pyrrole nitrogens is 1. The second kappa shape index (κ2) is 7.08. The van der Waals surface area contributed by atoms with Crippen LogP contribution in [-0.4, -0.2) is 30.9 Å². The molecule has 0 spiro atoms. The zero-order valence-electron chi connectivity index (χ0n) is 14.1. The van der Waals surface area contributed by atoms with Crippen molar-refractivity contribution in [1.29, 1.82) is 0 Å². The summed E-state index contributed by atoms with van der Waals surface area (Å²) >= 11 is 0. The van der Waals surface area contributed by atoms with Gasteiger partial charge in [-0.05, 0) is 37.3 Å². The molecule has 9 nitrogen and oxygen atoms in total. The highest BCUT2D eigenvalue weighted by molar-refractivity contribution is 7.93. The minimum Gasteiger partial charge on any atom is -0.462 e. The van der Waals surface area contributed by atoms with Crippen molar-refractivity contribution in [2.24, 2.45) is 0 Å². The minimum atomic E-state index is -4.00. The lowest BCUT2D eigenvalue weighted by atomic mass is 10.2. The molecule has 0 saturated heterocycles. The maximum atomic E-state index is 12.7. The predicted octanol–water partition coefficient (Wildman–Crippen LogP) is 3.05. The van der Waals surface area contributed by atoms with E-state index in [4.69, 9.17) is 4.74 Å². The Hall–Kier alpha value is -3.40. The molecule has 0 unspecified atom stereocenters. The lowest BCUT2D eigenvalue weighted by molar-refractivity contribution is -0.384. The summed E-state index contributed by atoms with van der Waals surface area (Å²) in [6.45, 7) is 1.92. The van der Waals surface area contributed by atoms with E-state index in [1.165, 1.54) is 48.7 Å². The number of nitro benzene ring substituents is 1. The number of non-ortho nitro benzene ring substituents is 1. The molecule has 3 aromatic rings. The number of ether oxygens (including phenoxy) is 1. The molecule has 0 aliphatic heterocycles. The number of nitrogens with zero attached hydrogens (tertiary/aromatic N) is 1. The maximum absolute atomic E-state index is 12.7. The van der Waals surface area contributed by atoms with E-state index < -0.39 is 20.9 Å². The normalized spacial score (nSPS) is 11.3. The second-order valence-electron chi connectivity index (χ2n) is 5.54. The Morgan fingerprint density at radius 3 is 2.56 bits per heavy atom. The topological polar surface area (TPSA) is 131 Å². The third-order valence-corrected chi connectivity index (χ3v) is 5.20. The molecule has 0 aliphatic carbocycles. The number of aromatic nitrogens is 1. The molecule has 1 heterocycles. The van der Waals surface area contributed by atoms with Gasteiger partial charge in [-0.3, -0.25) is 14.8 Å². The van der Waals surface area contributed by atoms with Gasteiger partial charge in [0.1, 0.15) is 4.90 Å². The summed E-state index contributed by atoms with van der Waals surface area (Å²) in [5.74, 6) is -0.504. The van der Waals surface area contributed by atoms with Gasteiger partial charge < -0.3 is 9.72 Å². The van der Waals surface area contributed by atoms with E-state index >= 15 is 0 Å². The Balaban J connectivity index is 1.91. The maximum Gasteiger partial charge on any atom is 0.338 e. The lowest BCUT2D eigenvalue weighted by Crippen LogP contribution is -2.13. The Labute approximate surface area is 154 Å². The summed E-state index contributed by atoms with van der Waals surface area (Å²) in [6, 6.07) is 9.68. The number of anilines is 1. The molecule has 0 fully saturated rings. The van der Waals surface area contributed by atoms with Crippen LogP contribution >= 0.6 is 0 Å². The molecule has 10 heteroatoms. The van der Waals surface area contributed by atoms with E-state index in [0.717, 1.165) is 0 Å². The number of carbonyl (C=O) groups is 1. The van der Waals surface area contributed by atoms with Crippen LogP contribution in [0.3, 0.4) is 0 Å². The van der Waals surface area contributed by atoms with Crippen LogP contribution < -0.4 is 4.72 Å². The van der Waals surface area contributed by atoms with Gasteiger partial charge in [0.15, 0.2) is 0 Å². The quantitative estimate of drug-likeness (QED) is 0.378. The number of benzene rings is 2. The molecule has 0 amide bonds. The summed E-state index contributed by atoms with van der Waals surface area (Å²) in [5.41, 5.74) is 0.779. The van der Waals surface area contributed by atoms with Gasteiger partial charge in [0.2, 0.25) is 0 Å². The third kappa shape index (κ3) is 3.75. The molecule has 140 valence electrons. The van der Waals surface area contributed by atoms with Crippen LogP contribution in [0.25, 0.3) is 10.9 Å². The van der Waals surface area contributed by atoms with Crippen molar-refractivity contribution in [2.45, 2.75) is 11.8 Å². The van der Waals surface area contributed by atoms with Crippen LogP contribution in [-0.2, 0) is 14.8 Å². The zero-order chi connectivity index (χ0) is 19.6. The summed E-state index contributed by atoms with van der Waals surface area (Å²) in [4.78, 5) is 24.7. The average molecular weight is 389 g/mol. The summed E-state index contributed by atoms with van der Waals surface area (Å²) in [7, 11) is -4.00. The second-order valence-corrected chi connectivity index (χ2v) is 7.19. The zero-order valence-corrected chi connectivity index (χ0v) is 14.9. The van der Waals surface area contributed by atoms with Crippen LogP contribution in [0.4, 0.5) is 11.4 Å². The van der Waals surface area contributed by atoms with E-state index in [2.05, 4.69) is 9.71 Å². The van der Waals surface area contributed by atoms with Crippen LogP contribution in [0, 0.1) is 10.1 Å². The number of esters is 1. The Bertz CT molecular complexity index is 1120. The van der Waals surface area contributed by atoms with E-state index in [-0.39, 0.29) is 28.3 Å². The molecule has 3 rings (SSSR count). The van der Waals surface area contributed by atoms with Crippen molar-refractivity contribution >= 4 is 38.3 Å². The van der Waals surface area contributed by atoms with Crippen LogP contribution in [0.1, 0.15) is 17.3 Å². The lowest BCUT2D eigenvalue weighted by Gasteiger charge is -2.08. The Morgan fingerprint density at radius 2 is 1.93 bits per heavy atom. The molecule has 0 radical (unpaired) electrons. The number of carbonyl (C=O) groups excluding carboxylic acids is 1. The Kier molecular flexibility index (Phi) is 4.82. The van der Waals surface area contributed by atoms with Crippen molar-refractivity contribution in [3.63, 3.8) is 0 Å². The van der Waals surface area contributed by atoms with Gasteiger partial charge in [-0.15, -0.1) is 0 Å². The van der Waals surface area contributed by atoms with Gasteiger partial charge in [-0.25, -0.2) is 13.2 Å². The molecule has 1 aromatic heterocycles. The third-order valence-electron chi connectivity index (χ3n) is 3.78. The molecule has 0 saturated carbocycles. The molecule has 0 aliphatic rings. The van der Waals surface area contributed by atoms with Crippen molar-refractivity contribution in [3.8, 4) is 0 Å². The summed E-state index contributed by atoms with van der Waals surface area (Å²) < 4.78 is 32.6. The summed E-state index contributed by atoms with van der Waals surface area (Å²) in [5, 5.41) is 11.2. The monoisotopic (exact) mass is 389 g/mol. The number of fused-ring (bicyclic) bond motifs is 1. The molecule has 0 atom stereocenters. The first-order valence-corrected chi connectivity index (χ1v) is 9.35. The largest absolute Gasteiger partial charge is 0.462 e. The van der Waals surface area contributed by atoms with Gasteiger partial charge in [0.05, 0.1) is 17.1 Å². The summed E-state index contributed by atoms with van der Waals surface area (Å²) in [6.07, 6.45) is 1.27. The highest BCUT2D eigenvalue weighted by Gasteiger charge is 2.21. The molecule has 27 heavy (non-hydrogen) atoms.